The van der Waals surface area contributed by atoms with Crippen molar-refractivity contribution >= 4 is 29.5 Å². The Hall–Kier alpha value is -1.56. The van der Waals surface area contributed by atoms with Crippen molar-refractivity contribution in [1.82, 2.24) is 4.98 Å². The number of aromatic carboxylic acids is 1. The number of rotatable bonds is 5. The minimum absolute atomic E-state index is 0.104. The summed E-state index contributed by atoms with van der Waals surface area (Å²) < 4.78 is 0. The van der Waals surface area contributed by atoms with Gasteiger partial charge < -0.3 is 10.4 Å². The number of aromatic nitrogens is 1. The largest absolute Gasteiger partial charge is 0.478 e. The Morgan fingerprint density at radius 3 is 2.82 bits per heavy atom. The van der Waals surface area contributed by atoms with E-state index >= 15 is 0 Å². The van der Waals surface area contributed by atoms with Crippen LogP contribution in [0.4, 0.5) is 5.82 Å². The maximum atomic E-state index is 11.5. The number of carbonyl (C=O) groups excluding carboxylic acids is 1. The number of carboxylic acid groups (broad SMARTS) is 1. The third-order valence-corrected chi connectivity index (χ3v) is 2.92. The highest BCUT2D eigenvalue weighted by Crippen LogP contribution is 2.11. The van der Waals surface area contributed by atoms with Crippen molar-refractivity contribution in [2.45, 2.75) is 19.1 Å². The molecule has 0 radical (unpaired) electrons. The molecule has 1 heterocycles. The van der Waals surface area contributed by atoms with Crippen LogP contribution in [0.2, 0.25) is 0 Å². The number of carboxylic acids is 1. The zero-order chi connectivity index (χ0) is 12.8. The second-order valence-electron chi connectivity index (χ2n) is 3.64. The predicted molar refractivity (Wildman–Crippen MR) is 67.4 cm³/mol. The van der Waals surface area contributed by atoms with Crippen LogP contribution in [-0.2, 0) is 4.79 Å². The highest BCUT2D eigenvalue weighted by Gasteiger charge is 2.08. The number of nitrogens with one attached hydrogen (secondary N) is 1. The van der Waals surface area contributed by atoms with Gasteiger partial charge in [-0.15, -0.1) is 11.8 Å². The average Bonchev–Trinajstić information content (AvgIpc) is 2.26. The van der Waals surface area contributed by atoms with E-state index in [1.165, 1.54) is 30.1 Å². The summed E-state index contributed by atoms with van der Waals surface area (Å²) in [7, 11) is 0. The molecule has 0 unspecified atom stereocenters. The highest BCUT2D eigenvalue weighted by molar-refractivity contribution is 8.00. The van der Waals surface area contributed by atoms with Crippen LogP contribution in [0.25, 0.3) is 0 Å². The molecule has 0 fully saturated rings. The number of pyridine rings is 1. The third kappa shape index (κ3) is 4.86. The van der Waals surface area contributed by atoms with Gasteiger partial charge in [0.2, 0.25) is 5.91 Å². The first kappa shape index (κ1) is 13.5. The third-order valence-electron chi connectivity index (χ3n) is 1.82. The SMILES string of the molecule is CC(C)SCC(=O)Nc1cc(C(=O)O)ccn1. The molecule has 0 spiro atoms. The van der Waals surface area contributed by atoms with E-state index in [0.717, 1.165) is 0 Å². The fourth-order valence-electron chi connectivity index (χ4n) is 1.05. The van der Waals surface area contributed by atoms with Gasteiger partial charge in [-0.1, -0.05) is 13.8 Å². The Morgan fingerprint density at radius 1 is 1.53 bits per heavy atom. The van der Waals surface area contributed by atoms with Gasteiger partial charge in [-0.05, 0) is 17.4 Å². The molecule has 92 valence electrons. The lowest BCUT2D eigenvalue weighted by Gasteiger charge is -2.06. The monoisotopic (exact) mass is 254 g/mol. The highest BCUT2D eigenvalue weighted by atomic mass is 32.2. The second kappa shape index (κ2) is 6.24. The number of hydrogen-bond acceptors (Lipinski definition) is 4. The van der Waals surface area contributed by atoms with Gasteiger partial charge >= 0.3 is 5.97 Å². The first-order chi connectivity index (χ1) is 7.99. The summed E-state index contributed by atoms with van der Waals surface area (Å²) >= 11 is 1.51. The average molecular weight is 254 g/mol. The molecule has 1 rings (SSSR count). The van der Waals surface area contributed by atoms with Gasteiger partial charge in [0.25, 0.3) is 0 Å². The molecule has 0 saturated carbocycles. The molecule has 1 amide bonds. The van der Waals surface area contributed by atoms with Gasteiger partial charge in [0.05, 0.1) is 11.3 Å². The number of amides is 1. The molecule has 5 nitrogen and oxygen atoms in total. The molecule has 0 atom stereocenters. The first-order valence-electron chi connectivity index (χ1n) is 5.10. The first-order valence-corrected chi connectivity index (χ1v) is 6.14. The Bertz CT molecular complexity index is 421. The Balaban J connectivity index is 2.59. The van der Waals surface area contributed by atoms with E-state index in [0.29, 0.717) is 11.0 Å². The molecular weight excluding hydrogens is 240 g/mol. The molecule has 0 aliphatic heterocycles. The van der Waals surface area contributed by atoms with Crippen LogP contribution >= 0.6 is 11.8 Å². The summed E-state index contributed by atoms with van der Waals surface area (Å²) in [5.74, 6) is -0.631. The summed E-state index contributed by atoms with van der Waals surface area (Å²) in [5, 5.41) is 11.7. The standard InChI is InChI=1S/C11H14N2O3S/c1-7(2)17-6-10(14)13-9-5-8(11(15)16)3-4-12-9/h3-5,7H,6H2,1-2H3,(H,15,16)(H,12,13,14). The fourth-order valence-corrected chi connectivity index (χ4v) is 1.61. The van der Waals surface area contributed by atoms with Crippen LogP contribution in [0.1, 0.15) is 24.2 Å². The smallest absolute Gasteiger partial charge is 0.335 e. The van der Waals surface area contributed by atoms with Gasteiger partial charge in [0.1, 0.15) is 5.82 Å². The molecular formula is C11H14N2O3S. The topological polar surface area (TPSA) is 79.3 Å². The molecule has 2 N–H and O–H groups in total. The van der Waals surface area contributed by atoms with E-state index < -0.39 is 5.97 Å². The molecule has 0 saturated heterocycles. The summed E-state index contributed by atoms with van der Waals surface area (Å²) in [6.07, 6.45) is 1.36. The maximum absolute atomic E-state index is 11.5. The molecule has 0 bridgehead atoms. The molecule has 0 aromatic carbocycles. The van der Waals surface area contributed by atoms with Crippen molar-refractivity contribution in [2.75, 3.05) is 11.1 Å². The van der Waals surface area contributed by atoms with E-state index in [9.17, 15) is 9.59 Å². The normalized spacial score (nSPS) is 10.3. The Morgan fingerprint density at radius 2 is 2.24 bits per heavy atom. The summed E-state index contributed by atoms with van der Waals surface area (Å²) in [6, 6.07) is 2.71. The van der Waals surface area contributed by atoms with Crippen LogP contribution < -0.4 is 5.32 Å². The maximum Gasteiger partial charge on any atom is 0.335 e. The van der Waals surface area contributed by atoms with E-state index in [4.69, 9.17) is 5.11 Å². The minimum atomic E-state index is -1.04. The number of hydrogen-bond donors (Lipinski definition) is 2. The van der Waals surface area contributed by atoms with Crippen molar-refractivity contribution in [3.63, 3.8) is 0 Å². The second-order valence-corrected chi connectivity index (χ2v) is 5.21. The quantitative estimate of drug-likeness (QED) is 0.838. The van der Waals surface area contributed by atoms with Crippen molar-refractivity contribution < 1.29 is 14.7 Å². The lowest BCUT2D eigenvalue weighted by molar-refractivity contribution is -0.113. The summed E-state index contributed by atoms with van der Waals surface area (Å²) in [4.78, 5) is 26.1. The molecule has 0 aliphatic carbocycles. The van der Waals surface area contributed by atoms with Crippen molar-refractivity contribution in [2.24, 2.45) is 0 Å². The van der Waals surface area contributed by atoms with Crippen LogP contribution in [0.15, 0.2) is 18.3 Å². The zero-order valence-corrected chi connectivity index (χ0v) is 10.5. The summed E-state index contributed by atoms with van der Waals surface area (Å²) in [5.41, 5.74) is 0.104. The van der Waals surface area contributed by atoms with E-state index in [-0.39, 0.29) is 17.3 Å². The molecule has 6 heteroatoms. The van der Waals surface area contributed by atoms with Gasteiger partial charge in [-0.2, -0.15) is 0 Å². The summed E-state index contributed by atoms with van der Waals surface area (Å²) in [6.45, 7) is 4.00. The van der Waals surface area contributed by atoms with E-state index in [2.05, 4.69) is 10.3 Å². The van der Waals surface area contributed by atoms with Crippen LogP contribution in [-0.4, -0.2) is 33.0 Å². The van der Waals surface area contributed by atoms with Gasteiger partial charge in [-0.25, -0.2) is 9.78 Å². The lowest BCUT2D eigenvalue weighted by atomic mass is 10.2. The van der Waals surface area contributed by atoms with E-state index in [1.807, 2.05) is 13.8 Å². The zero-order valence-electron chi connectivity index (χ0n) is 9.64. The van der Waals surface area contributed by atoms with Crippen molar-refractivity contribution in [3.8, 4) is 0 Å². The predicted octanol–water partition coefficient (Wildman–Crippen LogP) is 1.86. The van der Waals surface area contributed by atoms with Crippen LogP contribution in [0, 0.1) is 0 Å². The number of nitrogens with zero attached hydrogens (tertiary/aromatic N) is 1. The number of anilines is 1. The van der Waals surface area contributed by atoms with Crippen molar-refractivity contribution in [1.29, 1.82) is 0 Å². The van der Waals surface area contributed by atoms with Crippen LogP contribution in [0.3, 0.4) is 0 Å². The minimum Gasteiger partial charge on any atom is -0.478 e. The van der Waals surface area contributed by atoms with Gasteiger partial charge in [-0.3, -0.25) is 4.79 Å². The molecule has 1 aromatic rings. The Labute approximate surface area is 104 Å². The Kier molecular flexibility index (Phi) is 4.96. The lowest BCUT2D eigenvalue weighted by Crippen LogP contribution is -2.16. The molecule has 1 aromatic heterocycles. The fraction of sp³-hybridized carbons (Fsp3) is 0.364. The van der Waals surface area contributed by atoms with Crippen molar-refractivity contribution in [3.05, 3.63) is 23.9 Å². The van der Waals surface area contributed by atoms with Gasteiger partial charge in [0.15, 0.2) is 0 Å². The molecule has 0 aliphatic rings. The van der Waals surface area contributed by atoms with Crippen LogP contribution in [0.5, 0.6) is 0 Å². The number of carbonyl (C=O) groups is 2. The van der Waals surface area contributed by atoms with E-state index in [1.54, 1.807) is 0 Å². The van der Waals surface area contributed by atoms with Gasteiger partial charge in [0, 0.05) is 6.20 Å². The molecule has 17 heavy (non-hydrogen) atoms. The number of thioether (sulfide) groups is 1.